The molecule has 3 aromatic rings. The predicted molar refractivity (Wildman–Crippen MR) is 121 cm³/mol. The van der Waals surface area contributed by atoms with Crippen LogP contribution in [0.3, 0.4) is 0 Å². The third-order valence-corrected chi connectivity index (χ3v) is 7.47. The van der Waals surface area contributed by atoms with Gasteiger partial charge in [0.05, 0.1) is 12.1 Å². The number of nitrogens with one attached hydrogen (secondary N) is 1. The van der Waals surface area contributed by atoms with E-state index in [4.69, 9.17) is 0 Å². The normalized spacial score (nSPS) is 12.7. The van der Waals surface area contributed by atoms with E-state index in [-0.39, 0.29) is 4.21 Å². The average Bonchev–Trinajstić information content (AvgIpc) is 3.35. The minimum Gasteiger partial charge on any atom is -0.452 e. The summed E-state index contributed by atoms with van der Waals surface area (Å²) in [7, 11) is -3.04. The minimum atomic E-state index is -4.14. The van der Waals surface area contributed by atoms with Gasteiger partial charge in [-0.3, -0.25) is 0 Å². The lowest BCUT2D eigenvalue weighted by atomic mass is 10.1. The molecule has 32 heavy (non-hydrogen) atoms. The van der Waals surface area contributed by atoms with Crippen molar-refractivity contribution in [3.05, 3.63) is 53.1 Å². The highest BCUT2D eigenvalue weighted by molar-refractivity contribution is 7.92. The van der Waals surface area contributed by atoms with E-state index in [2.05, 4.69) is 14.7 Å². The minimum absolute atomic E-state index is 0.0303. The molecule has 0 saturated heterocycles. The smallest absolute Gasteiger partial charge is 0.420 e. The van der Waals surface area contributed by atoms with Gasteiger partial charge in [-0.15, -0.1) is 11.3 Å². The number of sulfonamides is 1. The summed E-state index contributed by atoms with van der Waals surface area (Å²) in [5.74, 6) is 0.855. The molecule has 1 aromatic carbocycles. The van der Waals surface area contributed by atoms with E-state index in [0.29, 0.717) is 41.0 Å². The lowest BCUT2D eigenvalue weighted by Crippen LogP contribution is -2.30. The molecule has 0 spiro atoms. The number of amides is 1. The number of imidazole rings is 1. The van der Waals surface area contributed by atoms with Crippen LogP contribution in [-0.2, 0) is 27.7 Å². The molecule has 9 nitrogen and oxygen atoms in total. The van der Waals surface area contributed by atoms with Crippen LogP contribution in [0.4, 0.5) is 4.79 Å². The van der Waals surface area contributed by atoms with Crippen molar-refractivity contribution >= 4 is 27.5 Å². The second-order valence-electron chi connectivity index (χ2n) is 7.72. The first-order chi connectivity index (χ1) is 15.1. The molecular weight excluding hydrogens is 452 g/mol. The number of hydrogen-bond donors (Lipinski definition) is 2. The molecule has 172 valence electrons. The Morgan fingerprint density at radius 3 is 2.53 bits per heavy atom. The molecular formula is C21H26N4O5S2. The van der Waals surface area contributed by atoms with Gasteiger partial charge >= 0.3 is 6.09 Å². The number of carbonyl (C=O) groups excluding carboxylic acids is 1. The Morgan fingerprint density at radius 1 is 1.25 bits per heavy atom. The maximum Gasteiger partial charge on any atom is 0.420 e. The van der Waals surface area contributed by atoms with Crippen LogP contribution in [0.1, 0.15) is 43.3 Å². The Kier molecular flexibility index (Phi) is 7.32. The number of rotatable bonds is 8. The maximum atomic E-state index is 12.8. The highest BCUT2D eigenvalue weighted by atomic mass is 32.2. The van der Waals surface area contributed by atoms with Crippen LogP contribution in [0.25, 0.3) is 11.3 Å². The summed E-state index contributed by atoms with van der Waals surface area (Å²) in [4.78, 5) is 20.3. The summed E-state index contributed by atoms with van der Waals surface area (Å²) in [5, 5.41) is 10.5. The number of nitrogens with zero attached hydrogens (tertiary/aromatic N) is 3. The largest absolute Gasteiger partial charge is 0.452 e. The molecule has 2 N–H and O–H groups in total. The summed E-state index contributed by atoms with van der Waals surface area (Å²) < 4.78 is 33.8. The number of carbonyl (C=O) groups is 1. The van der Waals surface area contributed by atoms with E-state index in [1.54, 1.807) is 31.5 Å². The molecule has 2 heterocycles. The van der Waals surface area contributed by atoms with Crippen LogP contribution >= 0.6 is 11.3 Å². The zero-order chi connectivity index (χ0) is 23.5. The summed E-state index contributed by atoms with van der Waals surface area (Å²) in [5.41, 5.74) is 1.86. The first kappa shape index (κ1) is 23.9. The topological polar surface area (TPSA) is 123 Å². The number of thiazole rings is 1. The van der Waals surface area contributed by atoms with Crippen molar-refractivity contribution in [1.82, 2.24) is 19.3 Å². The molecule has 2 aromatic heterocycles. The Balaban J connectivity index is 1.94. The SMILES string of the molecule is COC(=O)NS(=O)(=O)c1sc(CC(C)C)nc1-c1ccc(Cn2ccnc2C(C)O)cc1. The van der Waals surface area contributed by atoms with E-state index in [1.165, 1.54) is 0 Å². The Hall–Kier alpha value is -2.76. The molecule has 11 heteroatoms. The van der Waals surface area contributed by atoms with Crippen LogP contribution in [-0.4, -0.2) is 41.3 Å². The van der Waals surface area contributed by atoms with Crippen LogP contribution in [0, 0.1) is 5.92 Å². The zero-order valence-corrected chi connectivity index (χ0v) is 19.9. The number of methoxy groups -OCH3 is 1. The molecule has 1 unspecified atom stereocenters. The summed E-state index contributed by atoms with van der Waals surface area (Å²) in [6.45, 7) is 6.21. The molecule has 0 radical (unpaired) electrons. The number of benzene rings is 1. The van der Waals surface area contributed by atoms with Crippen molar-refractivity contribution < 1.29 is 23.1 Å². The number of aromatic nitrogens is 3. The Morgan fingerprint density at radius 2 is 1.94 bits per heavy atom. The van der Waals surface area contributed by atoms with Gasteiger partial charge in [0.15, 0.2) is 4.21 Å². The molecule has 0 bridgehead atoms. The Bertz CT molecular complexity index is 1180. The third-order valence-electron chi connectivity index (χ3n) is 4.57. The van der Waals surface area contributed by atoms with Gasteiger partial charge < -0.3 is 14.4 Å². The standard InChI is InChI=1S/C21H26N4O5S2/c1-13(2)11-17-23-18(20(31-17)32(28,29)24-21(27)30-4)16-7-5-15(6-8-16)12-25-10-9-22-19(25)14(3)26/h5-10,13-14,26H,11-12H2,1-4H3,(H,24,27). The van der Waals surface area contributed by atoms with Crippen LogP contribution < -0.4 is 4.72 Å². The molecule has 0 saturated carbocycles. The lowest BCUT2D eigenvalue weighted by Gasteiger charge is -2.10. The number of aliphatic hydroxyl groups is 1. The van der Waals surface area contributed by atoms with Crippen molar-refractivity contribution in [3.63, 3.8) is 0 Å². The van der Waals surface area contributed by atoms with E-state index in [1.807, 2.05) is 35.3 Å². The number of hydrogen-bond acceptors (Lipinski definition) is 8. The lowest BCUT2D eigenvalue weighted by molar-refractivity contribution is 0.177. The van der Waals surface area contributed by atoms with E-state index in [0.717, 1.165) is 24.0 Å². The van der Waals surface area contributed by atoms with Gasteiger partial charge in [0, 0.05) is 30.9 Å². The van der Waals surface area contributed by atoms with Crippen molar-refractivity contribution in [2.24, 2.45) is 5.92 Å². The maximum absolute atomic E-state index is 12.8. The molecule has 1 amide bonds. The molecule has 0 aliphatic heterocycles. The average molecular weight is 479 g/mol. The van der Waals surface area contributed by atoms with Crippen LogP contribution in [0.5, 0.6) is 0 Å². The first-order valence-electron chi connectivity index (χ1n) is 9.99. The molecule has 0 aliphatic carbocycles. The van der Waals surface area contributed by atoms with E-state index >= 15 is 0 Å². The molecule has 0 fully saturated rings. The van der Waals surface area contributed by atoms with Crippen molar-refractivity contribution in [3.8, 4) is 11.3 Å². The highest BCUT2D eigenvalue weighted by Gasteiger charge is 2.27. The fourth-order valence-electron chi connectivity index (χ4n) is 3.13. The predicted octanol–water partition coefficient (Wildman–Crippen LogP) is 3.35. The van der Waals surface area contributed by atoms with Gasteiger partial charge in [0.2, 0.25) is 0 Å². The highest BCUT2D eigenvalue weighted by Crippen LogP contribution is 2.33. The van der Waals surface area contributed by atoms with Crippen molar-refractivity contribution in [1.29, 1.82) is 0 Å². The van der Waals surface area contributed by atoms with Gasteiger partial charge in [-0.25, -0.2) is 27.9 Å². The van der Waals surface area contributed by atoms with Gasteiger partial charge in [-0.05, 0) is 18.4 Å². The fraction of sp³-hybridized carbons (Fsp3) is 0.381. The van der Waals surface area contributed by atoms with E-state index in [9.17, 15) is 18.3 Å². The third kappa shape index (κ3) is 5.53. The second-order valence-corrected chi connectivity index (χ2v) is 10.7. The van der Waals surface area contributed by atoms with Gasteiger partial charge in [-0.2, -0.15) is 0 Å². The van der Waals surface area contributed by atoms with Crippen LogP contribution in [0.15, 0.2) is 40.9 Å². The molecule has 3 rings (SSSR count). The van der Waals surface area contributed by atoms with Gasteiger partial charge in [0.1, 0.15) is 17.6 Å². The fourth-order valence-corrected chi connectivity index (χ4v) is 5.83. The molecule has 0 aliphatic rings. The molecule has 1 atom stereocenters. The van der Waals surface area contributed by atoms with E-state index < -0.39 is 22.2 Å². The summed E-state index contributed by atoms with van der Waals surface area (Å²) in [6, 6.07) is 7.32. The van der Waals surface area contributed by atoms with Crippen molar-refractivity contribution in [2.45, 2.75) is 44.0 Å². The van der Waals surface area contributed by atoms with Crippen molar-refractivity contribution in [2.75, 3.05) is 7.11 Å². The summed E-state index contributed by atoms with van der Waals surface area (Å²) in [6.07, 6.45) is 2.30. The van der Waals surface area contributed by atoms with Gasteiger partial charge in [-0.1, -0.05) is 38.1 Å². The zero-order valence-electron chi connectivity index (χ0n) is 18.3. The van der Waals surface area contributed by atoms with Crippen LogP contribution in [0.2, 0.25) is 0 Å². The Labute approximate surface area is 191 Å². The monoisotopic (exact) mass is 478 g/mol. The summed E-state index contributed by atoms with van der Waals surface area (Å²) >= 11 is 1.05. The second kappa shape index (κ2) is 9.80. The number of aliphatic hydroxyl groups excluding tert-OH is 1. The quantitative estimate of drug-likeness (QED) is 0.509. The van der Waals surface area contributed by atoms with Gasteiger partial charge in [0.25, 0.3) is 10.0 Å². The number of ether oxygens (including phenoxy) is 1. The first-order valence-corrected chi connectivity index (χ1v) is 12.3.